The second-order valence-electron chi connectivity index (χ2n) is 6.02. The summed E-state index contributed by atoms with van der Waals surface area (Å²) < 4.78 is 0. The predicted molar refractivity (Wildman–Crippen MR) is 80.9 cm³/mol. The van der Waals surface area contributed by atoms with Gasteiger partial charge in [-0.3, -0.25) is 9.59 Å². The molecular weight excluding hydrogens is 270 g/mol. The molecule has 1 rings (SSSR count). The number of carboxylic acid groups (broad SMARTS) is 1. The molecule has 0 aromatic rings. The van der Waals surface area contributed by atoms with Gasteiger partial charge in [0.05, 0.1) is 19.1 Å². The number of carbonyl (C=O) groups excluding carboxylic acids is 1. The van der Waals surface area contributed by atoms with Crippen molar-refractivity contribution in [2.75, 3.05) is 13.2 Å². The first-order valence-corrected chi connectivity index (χ1v) is 8.20. The molecule has 0 spiro atoms. The van der Waals surface area contributed by atoms with Crippen LogP contribution in [0.3, 0.4) is 0 Å². The van der Waals surface area contributed by atoms with E-state index in [0.717, 1.165) is 6.42 Å². The van der Waals surface area contributed by atoms with Gasteiger partial charge in [0.1, 0.15) is 0 Å². The minimum absolute atomic E-state index is 0.0114. The molecule has 1 unspecified atom stereocenters. The normalized spacial score (nSPS) is 17.4. The molecule has 0 radical (unpaired) electrons. The summed E-state index contributed by atoms with van der Waals surface area (Å²) in [5.41, 5.74) is 0. The fourth-order valence-corrected chi connectivity index (χ4v) is 3.12. The monoisotopic (exact) mass is 299 g/mol. The van der Waals surface area contributed by atoms with E-state index in [1.165, 1.54) is 32.1 Å². The van der Waals surface area contributed by atoms with Gasteiger partial charge in [-0.15, -0.1) is 0 Å². The van der Waals surface area contributed by atoms with Gasteiger partial charge in [0.2, 0.25) is 5.91 Å². The van der Waals surface area contributed by atoms with Gasteiger partial charge in [0, 0.05) is 13.0 Å². The molecule has 1 amide bonds. The Morgan fingerprint density at radius 2 is 1.86 bits per heavy atom. The molecule has 122 valence electrons. The van der Waals surface area contributed by atoms with Crippen molar-refractivity contribution in [1.29, 1.82) is 0 Å². The zero-order chi connectivity index (χ0) is 15.7. The smallest absolute Gasteiger partial charge is 0.305 e. The Morgan fingerprint density at radius 3 is 2.38 bits per heavy atom. The molecule has 0 saturated heterocycles. The number of hydrogen-bond donors (Lipinski definition) is 2. The van der Waals surface area contributed by atoms with Crippen LogP contribution in [0.2, 0.25) is 0 Å². The Kier molecular flexibility index (Phi) is 8.35. The van der Waals surface area contributed by atoms with Gasteiger partial charge in [-0.1, -0.05) is 39.0 Å². The maximum atomic E-state index is 12.4. The first-order valence-electron chi connectivity index (χ1n) is 8.20. The molecular formula is C16H29NO4. The number of carboxylic acids is 1. The van der Waals surface area contributed by atoms with Crippen molar-refractivity contribution < 1.29 is 19.8 Å². The fraction of sp³-hybridized carbons (Fsp3) is 0.875. The van der Waals surface area contributed by atoms with Crippen molar-refractivity contribution in [3.63, 3.8) is 0 Å². The summed E-state index contributed by atoms with van der Waals surface area (Å²) in [7, 11) is 0. The standard InChI is InChI=1S/C16H29NO4/c1-2-14(12-18)17(11-10-16(20)21)15(19)9-8-13-6-4-3-5-7-13/h13-14,18H,2-12H2,1H3,(H,20,21). The Balaban J connectivity index is 2.50. The second kappa shape index (κ2) is 9.77. The quantitative estimate of drug-likeness (QED) is 0.685. The molecule has 1 aliphatic rings. The van der Waals surface area contributed by atoms with Crippen LogP contribution in [-0.4, -0.2) is 46.2 Å². The van der Waals surface area contributed by atoms with E-state index in [1.54, 1.807) is 4.90 Å². The van der Waals surface area contributed by atoms with Crippen LogP contribution in [0.4, 0.5) is 0 Å². The SMILES string of the molecule is CCC(CO)N(CCC(=O)O)C(=O)CCC1CCCCC1. The van der Waals surface area contributed by atoms with Crippen molar-refractivity contribution in [2.45, 2.75) is 70.8 Å². The molecule has 0 aliphatic heterocycles. The highest BCUT2D eigenvalue weighted by Crippen LogP contribution is 2.27. The van der Waals surface area contributed by atoms with Gasteiger partial charge >= 0.3 is 5.97 Å². The number of nitrogens with zero attached hydrogens (tertiary/aromatic N) is 1. The van der Waals surface area contributed by atoms with Crippen LogP contribution in [-0.2, 0) is 9.59 Å². The highest BCUT2D eigenvalue weighted by atomic mass is 16.4. The van der Waals surface area contributed by atoms with E-state index in [4.69, 9.17) is 5.11 Å². The number of hydrogen-bond acceptors (Lipinski definition) is 3. The van der Waals surface area contributed by atoms with Gasteiger partial charge in [0.15, 0.2) is 0 Å². The summed E-state index contributed by atoms with van der Waals surface area (Å²) in [6, 6.07) is -0.261. The number of aliphatic hydroxyl groups is 1. The van der Waals surface area contributed by atoms with Gasteiger partial charge in [0.25, 0.3) is 0 Å². The predicted octanol–water partition coefficient (Wildman–Crippen LogP) is 2.42. The van der Waals surface area contributed by atoms with E-state index in [9.17, 15) is 14.7 Å². The van der Waals surface area contributed by atoms with Crippen molar-refractivity contribution in [2.24, 2.45) is 5.92 Å². The van der Waals surface area contributed by atoms with Crippen molar-refractivity contribution in [3.8, 4) is 0 Å². The second-order valence-corrected chi connectivity index (χ2v) is 6.02. The first kappa shape index (κ1) is 18.0. The summed E-state index contributed by atoms with van der Waals surface area (Å²) in [6.45, 7) is 1.99. The maximum Gasteiger partial charge on any atom is 0.305 e. The average molecular weight is 299 g/mol. The molecule has 0 aromatic heterocycles. The van der Waals surface area contributed by atoms with E-state index in [2.05, 4.69) is 0 Å². The zero-order valence-electron chi connectivity index (χ0n) is 13.1. The van der Waals surface area contributed by atoms with E-state index in [0.29, 0.717) is 18.8 Å². The molecule has 1 fully saturated rings. The lowest BCUT2D eigenvalue weighted by Gasteiger charge is -2.30. The van der Waals surface area contributed by atoms with Crippen LogP contribution in [0.5, 0.6) is 0 Å². The van der Waals surface area contributed by atoms with E-state index < -0.39 is 5.97 Å². The van der Waals surface area contributed by atoms with Crippen LogP contribution in [0.25, 0.3) is 0 Å². The van der Waals surface area contributed by atoms with Crippen molar-refractivity contribution in [3.05, 3.63) is 0 Å². The van der Waals surface area contributed by atoms with Gasteiger partial charge in [-0.2, -0.15) is 0 Å². The van der Waals surface area contributed by atoms with Gasteiger partial charge < -0.3 is 15.1 Å². The molecule has 0 heterocycles. The van der Waals surface area contributed by atoms with Crippen LogP contribution < -0.4 is 0 Å². The van der Waals surface area contributed by atoms with Crippen LogP contribution in [0.1, 0.15) is 64.7 Å². The molecule has 0 aromatic carbocycles. The third-order valence-electron chi connectivity index (χ3n) is 4.50. The highest BCUT2D eigenvalue weighted by molar-refractivity contribution is 5.77. The first-order chi connectivity index (χ1) is 10.1. The number of aliphatic hydroxyl groups excluding tert-OH is 1. The Labute approximate surface area is 127 Å². The summed E-state index contributed by atoms with van der Waals surface area (Å²) in [4.78, 5) is 24.7. The number of carbonyl (C=O) groups is 2. The minimum Gasteiger partial charge on any atom is -0.481 e. The Hall–Kier alpha value is -1.10. The summed E-state index contributed by atoms with van der Waals surface area (Å²) in [5, 5.41) is 18.2. The van der Waals surface area contributed by atoms with E-state index in [-0.39, 0.29) is 31.5 Å². The van der Waals surface area contributed by atoms with Crippen LogP contribution >= 0.6 is 0 Å². The number of amides is 1. The van der Waals surface area contributed by atoms with Crippen molar-refractivity contribution in [1.82, 2.24) is 4.90 Å². The minimum atomic E-state index is -0.909. The summed E-state index contributed by atoms with van der Waals surface area (Å²) in [5.74, 6) is -0.283. The zero-order valence-corrected chi connectivity index (χ0v) is 13.1. The largest absolute Gasteiger partial charge is 0.481 e. The molecule has 5 nitrogen and oxygen atoms in total. The fourth-order valence-electron chi connectivity index (χ4n) is 3.12. The lowest BCUT2D eigenvalue weighted by molar-refractivity contribution is -0.140. The van der Waals surface area contributed by atoms with Gasteiger partial charge in [-0.05, 0) is 18.8 Å². The Bertz CT molecular complexity index is 322. The van der Waals surface area contributed by atoms with Gasteiger partial charge in [-0.25, -0.2) is 0 Å². The van der Waals surface area contributed by atoms with Crippen LogP contribution in [0, 0.1) is 5.92 Å². The third kappa shape index (κ3) is 6.46. The molecule has 5 heteroatoms. The van der Waals surface area contributed by atoms with Crippen molar-refractivity contribution >= 4 is 11.9 Å². The molecule has 1 aliphatic carbocycles. The number of aliphatic carboxylic acids is 1. The third-order valence-corrected chi connectivity index (χ3v) is 4.50. The molecule has 1 saturated carbocycles. The molecule has 1 atom stereocenters. The van der Waals surface area contributed by atoms with E-state index >= 15 is 0 Å². The summed E-state index contributed by atoms with van der Waals surface area (Å²) >= 11 is 0. The highest BCUT2D eigenvalue weighted by Gasteiger charge is 2.23. The topological polar surface area (TPSA) is 77.8 Å². The lowest BCUT2D eigenvalue weighted by atomic mass is 9.86. The molecule has 2 N–H and O–H groups in total. The lowest BCUT2D eigenvalue weighted by Crippen LogP contribution is -2.43. The Morgan fingerprint density at radius 1 is 1.19 bits per heavy atom. The average Bonchev–Trinajstić information content (AvgIpc) is 2.50. The number of rotatable bonds is 9. The maximum absolute atomic E-state index is 12.4. The van der Waals surface area contributed by atoms with Crippen LogP contribution in [0.15, 0.2) is 0 Å². The van der Waals surface area contributed by atoms with E-state index in [1.807, 2.05) is 6.92 Å². The molecule has 21 heavy (non-hydrogen) atoms. The summed E-state index contributed by atoms with van der Waals surface area (Å²) in [6.07, 6.45) is 8.18. The molecule has 0 bridgehead atoms.